The lowest BCUT2D eigenvalue weighted by Crippen LogP contribution is -2.48. The molecule has 0 amide bonds. The highest BCUT2D eigenvalue weighted by molar-refractivity contribution is 4.88. The van der Waals surface area contributed by atoms with Crippen LogP contribution in [-0.4, -0.2) is 29.0 Å². The van der Waals surface area contributed by atoms with Crippen LogP contribution in [-0.2, 0) is 11.3 Å². The Morgan fingerprint density at radius 1 is 1.47 bits per heavy atom. The van der Waals surface area contributed by atoms with Crippen molar-refractivity contribution in [1.29, 1.82) is 0 Å². The van der Waals surface area contributed by atoms with Crippen LogP contribution in [0, 0.1) is 6.92 Å². The van der Waals surface area contributed by atoms with Crippen LogP contribution in [0.25, 0.3) is 0 Å². The predicted octanol–water partition coefficient (Wildman–Crippen LogP) is 1.04. The first-order chi connectivity index (χ1) is 7.18. The standard InChI is InChI=1S/C10H17N3O2/c1-8-12-13-9(15-8)6-11-10(2)4-3-5-14-7-10/h11H,3-7H2,1-2H3. The Balaban J connectivity index is 1.86. The number of hydrogen-bond acceptors (Lipinski definition) is 5. The van der Waals surface area contributed by atoms with Crippen molar-refractivity contribution in [3.05, 3.63) is 11.8 Å². The molecule has 1 unspecified atom stereocenters. The van der Waals surface area contributed by atoms with Crippen molar-refractivity contribution < 1.29 is 9.15 Å². The van der Waals surface area contributed by atoms with Crippen LogP contribution in [0.1, 0.15) is 31.5 Å². The molecule has 1 fully saturated rings. The molecule has 0 radical (unpaired) electrons. The molecule has 2 rings (SSSR count). The molecule has 5 nitrogen and oxygen atoms in total. The van der Waals surface area contributed by atoms with Gasteiger partial charge in [-0.1, -0.05) is 0 Å². The summed E-state index contributed by atoms with van der Waals surface area (Å²) in [5, 5.41) is 11.1. The van der Waals surface area contributed by atoms with E-state index in [1.165, 1.54) is 0 Å². The summed E-state index contributed by atoms with van der Waals surface area (Å²) in [4.78, 5) is 0. The highest BCUT2D eigenvalue weighted by Crippen LogP contribution is 2.18. The van der Waals surface area contributed by atoms with Crippen LogP contribution in [0.3, 0.4) is 0 Å². The van der Waals surface area contributed by atoms with Crippen LogP contribution < -0.4 is 5.32 Å². The molecule has 0 saturated carbocycles. The van der Waals surface area contributed by atoms with E-state index in [9.17, 15) is 0 Å². The third kappa shape index (κ3) is 2.76. The van der Waals surface area contributed by atoms with Crippen molar-refractivity contribution in [3.63, 3.8) is 0 Å². The molecule has 84 valence electrons. The van der Waals surface area contributed by atoms with Crippen LogP contribution in [0.4, 0.5) is 0 Å². The Morgan fingerprint density at radius 3 is 2.93 bits per heavy atom. The fourth-order valence-electron chi connectivity index (χ4n) is 1.77. The third-order valence-corrected chi connectivity index (χ3v) is 2.67. The average Bonchev–Trinajstić information content (AvgIpc) is 2.63. The Kier molecular flexibility index (Phi) is 3.02. The minimum Gasteiger partial charge on any atom is -0.424 e. The maximum Gasteiger partial charge on any atom is 0.230 e. The molecule has 1 saturated heterocycles. The second kappa shape index (κ2) is 4.28. The second-order valence-corrected chi connectivity index (χ2v) is 4.29. The van der Waals surface area contributed by atoms with Crippen molar-refractivity contribution in [2.24, 2.45) is 0 Å². The number of aryl methyl sites for hydroxylation is 1. The van der Waals surface area contributed by atoms with Gasteiger partial charge in [0.2, 0.25) is 11.8 Å². The van der Waals surface area contributed by atoms with E-state index in [4.69, 9.17) is 9.15 Å². The van der Waals surface area contributed by atoms with Gasteiger partial charge in [-0.05, 0) is 19.8 Å². The molecule has 1 aromatic heterocycles. The van der Waals surface area contributed by atoms with Gasteiger partial charge in [-0.15, -0.1) is 10.2 Å². The van der Waals surface area contributed by atoms with Gasteiger partial charge in [0, 0.05) is 19.1 Å². The first kappa shape index (κ1) is 10.6. The minimum atomic E-state index is 0.0423. The molecule has 5 heteroatoms. The fourth-order valence-corrected chi connectivity index (χ4v) is 1.77. The molecular formula is C10H17N3O2. The van der Waals surface area contributed by atoms with E-state index < -0.39 is 0 Å². The van der Waals surface area contributed by atoms with Crippen LogP contribution >= 0.6 is 0 Å². The van der Waals surface area contributed by atoms with Gasteiger partial charge in [-0.25, -0.2) is 0 Å². The lowest BCUT2D eigenvalue weighted by Gasteiger charge is -2.34. The van der Waals surface area contributed by atoms with Gasteiger partial charge in [-0.3, -0.25) is 0 Å². The summed E-state index contributed by atoms with van der Waals surface area (Å²) in [5.41, 5.74) is 0.0423. The number of rotatable bonds is 3. The Hall–Kier alpha value is -0.940. The number of nitrogens with zero attached hydrogens (tertiary/aromatic N) is 2. The van der Waals surface area contributed by atoms with Crippen LogP contribution in [0.2, 0.25) is 0 Å². The third-order valence-electron chi connectivity index (χ3n) is 2.67. The molecule has 0 aliphatic carbocycles. The highest BCUT2D eigenvalue weighted by Gasteiger charge is 2.27. The lowest BCUT2D eigenvalue weighted by molar-refractivity contribution is 0.0268. The Bertz CT molecular complexity index is 318. The van der Waals surface area contributed by atoms with E-state index in [0.29, 0.717) is 18.3 Å². The van der Waals surface area contributed by atoms with Gasteiger partial charge in [0.25, 0.3) is 0 Å². The quantitative estimate of drug-likeness (QED) is 0.809. The van der Waals surface area contributed by atoms with Gasteiger partial charge in [-0.2, -0.15) is 0 Å². The van der Waals surface area contributed by atoms with E-state index in [1.54, 1.807) is 6.92 Å². The van der Waals surface area contributed by atoms with Crippen molar-refractivity contribution in [1.82, 2.24) is 15.5 Å². The Morgan fingerprint density at radius 2 is 2.33 bits per heavy atom. The minimum absolute atomic E-state index is 0.0423. The summed E-state index contributed by atoms with van der Waals surface area (Å²) in [5.74, 6) is 1.25. The number of aromatic nitrogens is 2. The fraction of sp³-hybridized carbons (Fsp3) is 0.800. The van der Waals surface area contributed by atoms with Crippen molar-refractivity contribution in [2.75, 3.05) is 13.2 Å². The molecule has 15 heavy (non-hydrogen) atoms. The van der Waals surface area contributed by atoms with E-state index in [1.807, 2.05) is 0 Å². The van der Waals surface area contributed by atoms with Gasteiger partial charge >= 0.3 is 0 Å². The zero-order chi connectivity index (χ0) is 10.7. The molecule has 1 atom stereocenters. The summed E-state index contributed by atoms with van der Waals surface area (Å²) in [7, 11) is 0. The van der Waals surface area contributed by atoms with Crippen molar-refractivity contribution in [2.45, 2.75) is 38.8 Å². The van der Waals surface area contributed by atoms with Crippen LogP contribution in [0.5, 0.6) is 0 Å². The van der Waals surface area contributed by atoms with Gasteiger partial charge in [0.15, 0.2) is 0 Å². The largest absolute Gasteiger partial charge is 0.424 e. The Labute approximate surface area is 89.2 Å². The smallest absolute Gasteiger partial charge is 0.230 e. The van der Waals surface area contributed by atoms with Crippen molar-refractivity contribution >= 4 is 0 Å². The average molecular weight is 211 g/mol. The molecule has 0 bridgehead atoms. The maximum absolute atomic E-state index is 5.45. The first-order valence-electron chi connectivity index (χ1n) is 5.30. The number of nitrogens with one attached hydrogen (secondary N) is 1. The molecule has 2 heterocycles. The molecule has 0 aromatic carbocycles. The normalized spacial score (nSPS) is 26.8. The molecule has 1 aliphatic rings. The molecule has 1 N–H and O–H groups in total. The number of ether oxygens (including phenoxy) is 1. The van der Waals surface area contributed by atoms with E-state index in [-0.39, 0.29) is 5.54 Å². The topological polar surface area (TPSA) is 60.2 Å². The van der Waals surface area contributed by atoms with E-state index >= 15 is 0 Å². The predicted molar refractivity (Wildman–Crippen MR) is 54.3 cm³/mol. The maximum atomic E-state index is 5.45. The monoisotopic (exact) mass is 211 g/mol. The van der Waals surface area contributed by atoms with Gasteiger partial charge in [0.1, 0.15) is 0 Å². The zero-order valence-electron chi connectivity index (χ0n) is 9.25. The van der Waals surface area contributed by atoms with E-state index in [0.717, 1.165) is 26.1 Å². The zero-order valence-corrected chi connectivity index (χ0v) is 9.25. The summed E-state index contributed by atoms with van der Waals surface area (Å²) < 4.78 is 10.7. The van der Waals surface area contributed by atoms with Gasteiger partial charge < -0.3 is 14.5 Å². The summed E-state index contributed by atoms with van der Waals surface area (Å²) >= 11 is 0. The molecular weight excluding hydrogens is 194 g/mol. The second-order valence-electron chi connectivity index (χ2n) is 4.29. The SMILES string of the molecule is Cc1nnc(CNC2(C)CCCOC2)o1. The van der Waals surface area contributed by atoms with Crippen LogP contribution in [0.15, 0.2) is 4.42 Å². The first-order valence-corrected chi connectivity index (χ1v) is 5.30. The van der Waals surface area contributed by atoms with Gasteiger partial charge in [0.05, 0.1) is 13.2 Å². The van der Waals surface area contributed by atoms with E-state index in [2.05, 4.69) is 22.4 Å². The number of hydrogen-bond donors (Lipinski definition) is 1. The molecule has 0 spiro atoms. The molecule has 1 aliphatic heterocycles. The summed E-state index contributed by atoms with van der Waals surface area (Å²) in [6, 6.07) is 0. The molecule has 1 aromatic rings. The highest BCUT2D eigenvalue weighted by atomic mass is 16.5. The summed E-state index contributed by atoms with van der Waals surface area (Å²) in [6.07, 6.45) is 2.23. The van der Waals surface area contributed by atoms with Crippen molar-refractivity contribution in [3.8, 4) is 0 Å². The summed E-state index contributed by atoms with van der Waals surface area (Å²) in [6.45, 7) is 6.19. The lowest BCUT2D eigenvalue weighted by atomic mass is 9.95.